The molecule has 1 amide bonds. The molecule has 0 saturated carbocycles. The van der Waals surface area contributed by atoms with Crippen LogP contribution in [0.4, 0.5) is 13.2 Å². The third kappa shape index (κ3) is 3.79. The fourth-order valence-electron chi connectivity index (χ4n) is 4.39. The molecule has 3 aliphatic rings. The van der Waals surface area contributed by atoms with Crippen LogP contribution in [-0.4, -0.2) is 46.9 Å². The van der Waals surface area contributed by atoms with E-state index in [-0.39, 0.29) is 35.0 Å². The Kier molecular flexibility index (Phi) is 4.94. The van der Waals surface area contributed by atoms with Crippen molar-refractivity contribution in [1.82, 2.24) is 31.2 Å². The Morgan fingerprint density at radius 2 is 2.00 bits per heavy atom. The Balaban J connectivity index is 1.39. The minimum absolute atomic E-state index is 0.0795. The number of carbonyl (C=O) groups excluding carboxylic acids is 1. The summed E-state index contributed by atoms with van der Waals surface area (Å²) in [5.74, 6) is 0.0991. The molecule has 2 atom stereocenters. The fraction of sp³-hybridized carbons (Fsp3) is 0.450. The molecule has 164 valence electrons. The van der Waals surface area contributed by atoms with Gasteiger partial charge in [-0.2, -0.15) is 18.2 Å². The summed E-state index contributed by atoms with van der Waals surface area (Å²) in [6, 6.07) is 4.80. The van der Waals surface area contributed by atoms with Gasteiger partial charge in [0.15, 0.2) is 0 Å². The third-order valence-electron chi connectivity index (χ3n) is 5.95. The van der Waals surface area contributed by atoms with Crippen molar-refractivity contribution in [2.75, 3.05) is 19.6 Å². The number of aromatic nitrogens is 2. The number of amides is 1. The van der Waals surface area contributed by atoms with Crippen molar-refractivity contribution >= 4 is 5.91 Å². The molecule has 2 aromatic rings. The molecule has 1 aromatic heterocycles. The minimum Gasteiger partial charge on any atom is -0.338 e. The van der Waals surface area contributed by atoms with Crippen LogP contribution in [0.25, 0.3) is 11.4 Å². The normalized spacial score (nSPS) is 24.7. The maximum Gasteiger partial charge on any atom is 0.416 e. The Bertz CT molecular complexity index is 1010. The van der Waals surface area contributed by atoms with Gasteiger partial charge in [-0.05, 0) is 38.1 Å². The van der Waals surface area contributed by atoms with Crippen LogP contribution in [0.15, 0.2) is 40.6 Å². The van der Waals surface area contributed by atoms with E-state index in [9.17, 15) is 18.0 Å². The highest BCUT2D eigenvalue weighted by molar-refractivity contribution is 5.89. The molecular weight excluding hydrogens is 413 g/mol. The summed E-state index contributed by atoms with van der Waals surface area (Å²) in [7, 11) is 0. The first kappa shape index (κ1) is 20.0. The van der Waals surface area contributed by atoms with Crippen molar-refractivity contribution in [3.63, 3.8) is 0 Å². The van der Waals surface area contributed by atoms with Crippen LogP contribution in [0.3, 0.4) is 0 Å². The lowest BCUT2D eigenvalue weighted by molar-refractivity contribution is -0.137. The summed E-state index contributed by atoms with van der Waals surface area (Å²) < 4.78 is 44.5. The van der Waals surface area contributed by atoms with E-state index in [1.165, 1.54) is 12.1 Å². The molecule has 0 spiro atoms. The van der Waals surface area contributed by atoms with E-state index >= 15 is 0 Å². The summed E-state index contributed by atoms with van der Waals surface area (Å²) in [6.07, 6.45) is -1.35. The Morgan fingerprint density at radius 1 is 1.19 bits per heavy atom. The average Bonchev–Trinajstić information content (AvgIpc) is 3.40. The van der Waals surface area contributed by atoms with Gasteiger partial charge in [0, 0.05) is 29.8 Å². The Morgan fingerprint density at radius 3 is 2.77 bits per heavy atom. The molecule has 2 unspecified atom stereocenters. The molecule has 11 heteroatoms. The predicted octanol–water partition coefficient (Wildman–Crippen LogP) is 2.00. The first-order valence-corrected chi connectivity index (χ1v) is 10.2. The number of piperidine rings is 1. The first-order valence-electron chi connectivity index (χ1n) is 10.2. The molecule has 3 N–H and O–H groups in total. The number of alkyl halides is 3. The molecule has 1 aromatic carbocycles. The van der Waals surface area contributed by atoms with E-state index in [0.717, 1.165) is 43.8 Å². The number of hydrogen-bond acceptors (Lipinski definition) is 7. The number of carbonyl (C=O) groups is 1. The summed E-state index contributed by atoms with van der Waals surface area (Å²) in [5, 5.41) is 12.1. The van der Waals surface area contributed by atoms with Gasteiger partial charge in [0.05, 0.1) is 11.5 Å². The highest BCUT2D eigenvalue weighted by Crippen LogP contribution is 2.36. The van der Waals surface area contributed by atoms with Crippen LogP contribution in [0.2, 0.25) is 0 Å². The van der Waals surface area contributed by atoms with E-state index in [2.05, 4.69) is 26.2 Å². The number of nitrogens with one attached hydrogen (secondary N) is 3. The summed E-state index contributed by atoms with van der Waals surface area (Å²) >= 11 is 0. The van der Waals surface area contributed by atoms with Gasteiger partial charge in [-0.3, -0.25) is 9.80 Å². The predicted molar refractivity (Wildman–Crippen MR) is 103 cm³/mol. The van der Waals surface area contributed by atoms with E-state index in [1.807, 2.05) is 5.01 Å². The lowest BCUT2D eigenvalue weighted by atomic mass is 9.92. The van der Waals surface area contributed by atoms with Crippen molar-refractivity contribution < 1.29 is 22.5 Å². The summed E-state index contributed by atoms with van der Waals surface area (Å²) in [6.45, 7) is 2.25. The van der Waals surface area contributed by atoms with Crippen molar-refractivity contribution in [2.24, 2.45) is 5.92 Å². The van der Waals surface area contributed by atoms with Crippen LogP contribution in [0.5, 0.6) is 0 Å². The van der Waals surface area contributed by atoms with Gasteiger partial charge in [-0.25, -0.2) is 5.43 Å². The second kappa shape index (κ2) is 7.65. The first-order chi connectivity index (χ1) is 14.9. The smallest absolute Gasteiger partial charge is 0.338 e. The number of benzene rings is 1. The molecular formula is C20H21F3N6O2. The zero-order valence-corrected chi connectivity index (χ0v) is 16.4. The highest BCUT2D eigenvalue weighted by Gasteiger charge is 2.44. The van der Waals surface area contributed by atoms with E-state index in [1.54, 1.807) is 6.08 Å². The van der Waals surface area contributed by atoms with Crippen LogP contribution in [-0.2, 0) is 11.0 Å². The van der Waals surface area contributed by atoms with E-state index in [0.29, 0.717) is 6.54 Å². The molecule has 31 heavy (non-hydrogen) atoms. The minimum atomic E-state index is -4.46. The van der Waals surface area contributed by atoms with Crippen LogP contribution in [0, 0.1) is 5.92 Å². The van der Waals surface area contributed by atoms with Gasteiger partial charge in [-0.15, -0.1) is 0 Å². The number of hydrazine groups is 1. The molecule has 0 radical (unpaired) electrons. The quantitative estimate of drug-likeness (QED) is 0.680. The van der Waals surface area contributed by atoms with Gasteiger partial charge in [0.2, 0.25) is 17.6 Å². The second-order valence-corrected chi connectivity index (χ2v) is 7.92. The molecule has 2 saturated heterocycles. The highest BCUT2D eigenvalue weighted by atomic mass is 19.4. The number of fused-ring (bicyclic) bond motifs is 1. The summed E-state index contributed by atoms with van der Waals surface area (Å²) in [5.41, 5.74) is 3.69. The van der Waals surface area contributed by atoms with Crippen molar-refractivity contribution in [2.45, 2.75) is 31.1 Å². The Hall–Kier alpha value is -2.92. The molecule has 0 bridgehead atoms. The van der Waals surface area contributed by atoms with Gasteiger partial charge in [-0.1, -0.05) is 17.3 Å². The zero-order chi connectivity index (χ0) is 21.6. The number of nitrogens with zero attached hydrogens (tertiary/aromatic N) is 3. The van der Waals surface area contributed by atoms with Crippen molar-refractivity contribution in [1.29, 1.82) is 0 Å². The topological polar surface area (TPSA) is 95.3 Å². The van der Waals surface area contributed by atoms with E-state index < -0.39 is 17.9 Å². The standard InChI is InChI=1S/C20H21F3N6O2/c21-20(22,23)13-3-1-2-12(8-13)17-27-19(31-28-17)14-10-25-29-15(9-16(30)26-18(14)29)11-4-6-24-7-5-11/h1-3,8-9,11,14,18,24-25H,4-7,10H2,(H,26,30). The van der Waals surface area contributed by atoms with Crippen LogP contribution in [0.1, 0.15) is 30.2 Å². The fourth-order valence-corrected chi connectivity index (χ4v) is 4.39. The molecule has 2 fully saturated rings. The average molecular weight is 434 g/mol. The maximum absolute atomic E-state index is 13.0. The Labute approximate surface area is 175 Å². The van der Waals surface area contributed by atoms with Gasteiger partial charge < -0.3 is 15.2 Å². The monoisotopic (exact) mass is 434 g/mol. The number of halogens is 3. The molecule has 0 aliphatic carbocycles. The largest absolute Gasteiger partial charge is 0.416 e. The lowest BCUT2D eigenvalue weighted by Crippen LogP contribution is -2.53. The third-order valence-corrected chi connectivity index (χ3v) is 5.95. The van der Waals surface area contributed by atoms with Crippen LogP contribution < -0.4 is 16.1 Å². The van der Waals surface area contributed by atoms with E-state index in [4.69, 9.17) is 4.52 Å². The van der Waals surface area contributed by atoms with Gasteiger partial charge >= 0.3 is 6.18 Å². The maximum atomic E-state index is 13.0. The SMILES string of the molecule is O=C1C=C(C2CCNCC2)N2NCC(c3nc(-c4cccc(C(F)(F)F)c4)no3)C2N1. The second-order valence-electron chi connectivity index (χ2n) is 7.92. The lowest BCUT2D eigenvalue weighted by Gasteiger charge is -2.38. The zero-order valence-electron chi connectivity index (χ0n) is 16.4. The number of allylic oxidation sites excluding steroid dienone is 1. The number of rotatable bonds is 3. The summed E-state index contributed by atoms with van der Waals surface area (Å²) in [4.78, 5) is 16.7. The molecule has 3 aliphatic heterocycles. The van der Waals surface area contributed by atoms with Crippen molar-refractivity contribution in [3.05, 3.63) is 47.5 Å². The van der Waals surface area contributed by atoms with Crippen molar-refractivity contribution in [3.8, 4) is 11.4 Å². The van der Waals surface area contributed by atoms with Gasteiger partial charge in [0.1, 0.15) is 6.17 Å². The van der Waals surface area contributed by atoms with Crippen LogP contribution >= 0.6 is 0 Å². The molecule has 8 nitrogen and oxygen atoms in total. The molecule has 4 heterocycles. The van der Waals surface area contributed by atoms with Gasteiger partial charge in [0.25, 0.3) is 0 Å². The molecule has 5 rings (SSSR count). The number of hydrogen-bond donors (Lipinski definition) is 3.